The zero-order valence-corrected chi connectivity index (χ0v) is 13.2. The molecule has 0 spiro atoms. The van der Waals surface area contributed by atoms with Gasteiger partial charge in [-0.05, 0) is 43.5 Å². The Hall–Kier alpha value is -2.01. The van der Waals surface area contributed by atoms with Crippen molar-refractivity contribution in [3.05, 3.63) is 46.2 Å². The predicted molar refractivity (Wildman–Crippen MR) is 90.0 cm³/mol. The normalized spacial score (nSPS) is 11.9. The van der Waals surface area contributed by atoms with Crippen LogP contribution in [0.5, 0.6) is 0 Å². The highest BCUT2D eigenvalue weighted by atomic mass is 32.1. The minimum absolute atomic E-state index is 0.0774. The van der Waals surface area contributed by atoms with E-state index in [2.05, 4.69) is 35.1 Å². The Kier molecular flexibility index (Phi) is 5.22. The molecule has 1 atom stereocenters. The van der Waals surface area contributed by atoms with E-state index < -0.39 is 0 Å². The van der Waals surface area contributed by atoms with Crippen molar-refractivity contribution >= 4 is 28.6 Å². The molecule has 0 aliphatic carbocycles. The number of hydrogen-bond acceptors (Lipinski definition) is 4. The Morgan fingerprint density at radius 2 is 2.19 bits per heavy atom. The molecule has 0 saturated carbocycles. The van der Waals surface area contributed by atoms with E-state index in [-0.39, 0.29) is 11.9 Å². The van der Waals surface area contributed by atoms with Gasteiger partial charge in [0.2, 0.25) is 0 Å². The third-order valence-electron chi connectivity index (χ3n) is 3.14. The van der Waals surface area contributed by atoms with Gasteiger partial charge in [-0.15, -0.1) is 11.3 Å². The number of thiophene rings is 1. The number of amides is 1. The molecule has 1 aromatic carbocycles. The van der Waals surface area contributed by atoms with Gasteiger partial charge < -0.3 is 16.4 Å². The van der Waals surface area contributed by atoms with Gasteiger partial charge in [0.1, 0.15) is 0 Å². The van der Waals surface area contributed by atoms with Crippen LogP contribution < -0.4 is 16.4 Å². The smallest absolute Gasteiger partial charge is 0.251 e. The maximum absolute atomic E-state index is 11.9. The van der Waals surface area contributed by atoms with Gasteiger partial charge in [0.25, 0.3) is 5.91 Å². The van der Waals surface area contributed by atoms with Crippen LogP contribution in [0.4, 0.5) is 11.4 Å². The Bertz CT molecular complexity index is 596. The third kappa shape index (κ3) is 4.23. The summed E-state index contributed by atoms with van der Waals surface area (Å²) in [6, 6.07) is 9.75. The highest BCUT2D eigenvalue weighted by Gasteiger charge is 2.10. The Balaban J connectivity index is 2.07. The standard InChI is InChI=1S/C16H21N3OS/c1-3-18-16(20)12-6-7-14(17)15(10-12)19-11(2)9-13-5-4-8-21-13/h4-8,10-11,19H,3,9,17H2,1-2H3,(H,18,20). The van der Waals surface area contributed by atoms with Gasteiger partial charge in [-0.25, -0.2) is 0 Å². The van der Waals surface area contributed by atoms with Crippen LogP contribution in [0.2, 0.25) is 0 Å². The quantitative estimate of drug-likeness (QED) is 0.718. The van der Waals surface area contributed by atoms with E-state index >= 15 is 0 Å². The molecule has 0 bridgehead atoms. The van der Waals surface area contributed by atoms with E-state index in [1.165, 1.54) is 4.88 Å². The van der Waals surface area contributed by atoms with Crippen molar-refractivity contribution in [2.24, 2.45) is 0 Å². The van der Waals surface area contributed by atoms with Crippen LogP contribution in [0.1, 0.15) is 29.1 Å². The van der Waals surface area contributed by atoms with E-state index in [0.717, 1.165) is 12.1 Å². The summed E-state index contributed by atoms with van der Waals surface area (Å²) in [6.07, 6.45) is 0.933. The average Bonchev–Trinajstić information content (AvgIpc) is 2.94. The third-order valence-corrected chi connectivity index (χ3v) is 4.04. The second kappa shape index (κ2) is 7.13. The van der Waals surface area contributed by atoms with E-state index in [9.17, 15) is 4.79 Å². The molecule has 2 aromatic rings. The zero-order valence-electron chi connectivity index (χ0n) is 12.3. The van der Waals surface area contributed by atoms with E-state index in [4.69, 9.17) is 5.73 Å². The summed E-state index contributed by atoms with van der Waals surface area (Å²) in [5, 5.41) is 8.26. The van der Waals surface area contributed by atoms with Gasteiger partial charge >= 0.3 is 0 Å². The predicted octanol–water partition coefficient (Wildman–Crippen LogP) is 3.12. The second-order valence-corrected chi connectivity index (χ2v) is 6.02. The maximum Gasteiger partial charge on any atom is 0.251 e. The molecule has 0 saturated heterocycles. The lowest BCUT2D eigenvalue weighted by Gasteiger charge is -2.17. The lowest BCUT2D eigenvalue weighted by molar-refractivity contribution is 0.0956. The fourth-order valence-electron chi connectivity index (χ4n) is 2.13. The van der Waals surface area contributed by atoms with Gasteiger partial charge in [-0.2, -0.15) is 0 Å². The summed E-state index contributed by atoms with van der Waals surface area (Å²) in [5.74, 6) is -0.0774. The summed E-state index contributed by atoms with van der Waals surface area (Å²) in [4.78, 5) is 13.2. The van der Waals surface area contributed by atoms with Crippen molar-refractivity contribution in [2.45, 2.75) is 26.3 Å². The van der Waals surface area contributed by atoms with Crippen LogP contribution in [0.3, 0.4) is 0 Å². The minimum atomic E-state index is -0.0774. The molecular formula is C16H21N3OS. The zero-order chi connectivity index (χ0) is 15.2. The number of nitrogens with one attached hydrogen (secondary N) is 2. The van der Waals surface area contributed by atoms with Gasteiger partial charge in [0.05, 0.1) is 11.4 Å². The number of anilines is 2. The number of rotatable bonds is 6. The molecule has 5 heteroatoms. The summed E-state index contributed by atoms with van der Waals surface area (Å²) < 4.78 is 0. The van der Waals surface area contributed by atoms with Crippen LogP contribution in [0.15, 0.2) is 35.7 Å². The summed E-state index contributed by atoms with van der Waals surface area (Å²) in [7, 11) is 0. The van der Waals surface area contributed by atoms with E-state index in [0.29, 0.717) is 17.8 Å². The number of nitrogens with two attached hydrogens (primary N) is 1. The Morgan fingerprint density at radius 3 is 2.86 bits per heavy atom. The summed E-state index contributed by atoms with van der Waals surface area (Å²) >= 11 is 1.75. The SMILES string of the molecule is CCNC(=O)c1ccc(N)c(NC(C)Cc2cccs2)c1. The first kappa shape index (κ1) is 15.4. The molecule has 0 radical (unpaired) electrons. The first-order valence-electron chi connectivity index (χ1n) is 7.06. The largest absolute Gasteiger partial charge is 0.397 e. The van der Waals surface area contributed by atoms with Gasteiger partial charge in [-0.3, -0.25) is 4.79 Å². The van der Waals surface area contributed by atoms with Crippen molar-refractivity contribution in [1.82, 2.24) is 5.32 Å². The van der Waals surface area contributed by atoms with Crippen LogP contribution in [-0.4, -0.2) is 18.5 Å². The van der Waals surface area contributed by atoms with Gasteiger partial charge in [0.15, 0.2) is 0 Å². The van der Waals surface area contributed by atoms with Crippen LogP contribution in [-0.2, 0) is 6.42 Å². The van der Waals surface area contributed by atoms with E-state index in [1.807, 2.05) is 13.0 Å². The molecule has 2 rings (SSSR count). The van der Waals surface area contributed by atoms with E-state index in [1.54, 1.807) is 23.5 Å². The highest BCUT2D eigenvalue weighted by molar-refractivity contribution is 7.09. The van der Waals surface area contributed by atoms with Gasteiger partial charge in [0, 0.05) is 29.4 Å². The van der Waals surface area contributed by atoms with Crippen molar-refractivity contribution < 1.29 is 4.79 Å². The molecule has 4 nitrogen and oxygen atoms in total. The summed E-state index contributed by atoms with van der Waals surface area (Å²) in [6.45, 7) is 4.62. The topological polar surface area (TPSA) is 67.2 Å². The molecule has 1 aromatic heterocycles. The van der Waals surface area contributed by atoms with Crippen molar-refractivity contribution in [3.8, 4) is 0 Å². The maximum atomic E-state index is 11.9. The monoisotopic (exact) mass is 303 g/mol. The number of nitrogen functional groups attached to an aromatic ring is 1. The first-order chi connectivity index (χ1) is 10.1. The van der Waals surface area contributed by atoms with Crippen LogP contribution in [0, 0.1) is 0 Å². The Morgan fingerprint density at radius 1 is 1.38 bits per heavy atom. The van der Waals surface area contributed by atoms with Crippen LogP contribution in [0.25, 0.3) is 0 Å². The minimum Gasteiger partial charge on any atom is -0.397 e. The van der Waals surface area contributed by atoms with Crippen LogP contribution >= 0.6 is 11.3 Å². The second-order valence-electron chi connectivity index (χ2n) is 4.99. The molecule has 1 amide bonds. The summed E-state index contributed by atoms with van der Waals surface area (Å²) in [5.41, 5.74) is 8.08. The fourth-order valence-corrected chi connectivity index (χ4v) is 2.97. The Labute approximate surface area is 129 Å². The highest BCUT2D eigenvalue weighted by Crippen LogP contribution is 2.22. The number of carbonyl (C=O) groups excluding carboxylic acids is 1. The van der Waals surface area contributed by atoms with Crippen molar-refractivity contribution in [2.75, 3.05) is 17.6 Å². The molecule has 1 heterocycles. The lowest BCUT2D eigenvalue weighted by Crippen LogP contribution is -2.23. The molecule has 112 valence electrons. The lowest BCUT2D eigenvalue weighted by atomic mass is 10.1. The average molecular weight is 303 g/mol. The van der Waals surface area contributed by atoms with Gasteiger partial charge in [-0.1, -0.05) is 6.07 Å². The number of hydrogen-bond donors (Lipinski definition) is 3. The first-order valence-corrected chi connectivity index (χ1v) is 7.94. The fraction of sp³-hybridized carbons (Fsp3) is 0.312. The van der Waals surface area contributed by atoms with Crippen molar-refractivity contribution in [1.29, 1.82) is 0 Å². The molecular weight excluding hydrogens is 282 g/mol. The molecule has 21 heavy (non-hydrogen) atoms. The number of carbonyl (C=O) groups is 1. The molecule has 0 aliphatic rings. The molecule has 0 aliphatic heterocycles. The molecule has 4 N–H and O–H groups in total. The number of benzene rings is 1. The van der Waals surface area contributed by atoms with Crippen molar-refractivity contribution in [3.63, 3.8) is 0 Å². The molecule has 1 unspecified atom stereocenters. The molecule has 0 fully saturated rings.